The highest BCUT2D eigenvalue weighted by Crippen LogP contribution is 2.47. The average molecular weight is 424 g/mol. The number of rotatable bonds is 3. The Morgan fingerprint density at radius 1 is 1.12 bits per heavy atom. The van der Waals surface area contributed by atoms with Gasteiger partial charge in [0.15, 0.2) is 0 Å². The van der Waals surface area contributed by atoms with E-state index in [0.29, 0.717) is 26.2 Å². The van der Waals surface area contributed by atoms with Crippen molar-refractivity contribution >= 4 is 36.4 Å². The van der Waals surface area contributed by atoms with Gasteiger partial charge in [0.2, 0.25) is 0 Å². The third-order valence-electron chi connectivity index (χ3n) is 4.88. The molecular formula is C16H21Cl3F4N2. The molecule has 1 heterocycles. The molecule has 0 amide bonds. The van der Waals surface area contributed by atoms with E-state index in [4.69, 9.17) is 11.6 Å². The Bertz CT molecular complexity index is 573. The fourth-order valence-electron chi connectivity index (χ4n) is 3.53. The first-order valence-corrected chi connectivity index (χ1v) is 8.27. The van der Waals surface area contributed by atoms with Crippen molar-refractivity contribution in [2.24, 2.45) is 5.92 Å². The lowest BCUT2D eigenvalue weighted by molar-refractivity contribution is -0.139. The molecule has 1 aliphatic carbocycles. The largest absolute Gasteiger partial charge is 0.416 e. The highest BCUT2D eigenvalue weighted by Gasteiger charge is 2.43. The number of alkyl halides is 3. The molecule has 25 heavy (non-hydrogen) atoms. The Morgan fingerprint density at radius 2 is 1.72 bits per heavy atom. The minimum atomic E-state index is -4.59. The molecule has 3 rings (SSSR count). The summed E-state index contributed by atoms with van der Waals surface area (Å²) < 4.78 is 54.9. The lowest BCUT2D eigenvalue weighted by Crippen LogP contribution is -2.48. The van der Waals surface area contributed by atoms with Gasteiger partial charge >= 0.3 is 6.18 Å². The SMILES string of the molecule is Cl.Cl.Fc1c(Cl)ccc(C(F)(F)F)c1[C@@H](C1CCC1)N1CCNCC1. The van der Waals surface area contributed by atoms with Crippen LogP contribution in [0.2, 0.25) is 5.02 Å². The minimum absolute atomic E-state index is 0. The van der Waals surface area contributed by atoms with E-state index in [1.54, 1.807) is 0 Å². The first-order chi connectivity index (χ1) is 10.9. The third kappa shape index (κ3) is 4.72. The van der Waals surface area contributed by atoms with Gasteiger partial charge in [-0.1, -0.05) is 18.0 Å². The molecule has 2 nitrogen and oxygen atoms in total. The lowest BCUT2D eigenvalue weighted by atomic mass is 9.75. The van der Waals surface area contributed by atoms with Crippen LogP contribution in [0.15, 0.2) is 12.1 Å². The Hall–Kier alpha value is -0.270. The number of nitrogens with zero attached hydrogens (tertiary/aromatic N) is 1. The summed E-state index contributed by atoms with van der Waals surface area (Å²) in [4.78, 5) is 1.98. The van der Waals surface area contributed by atoms with Gasteiger partial charge in [0, 0.05) is 37.8 Å². The molecule has 1 aromatic rings. The average Bonchev–Trinajstić information content (AvgIpc) is 2.45. The third-order valence-corrected chi connectivity index (χ3v) is 5.17. The maximum Gasteiger partial charge on any atom is 0.416 e. The number of halogens is 7. The standard InChI is InChI=1S/C16H19ClF4N2.2ClH/c17-12-5-4-11(16(19,20)21)13(14(12)18)15(10-2-1-3-10)23-8-6-22-7-9-23;;/h4-5,10,15,22H,1-3,6-9H2;2*1H/t15-;;/m1../s1. The van der Waals surface area contributed by atoms with E-state index in [1.165, 1.54) is 0 Å². The van der Waals surface area contributed by atoms with Gasteiger partial charge < -0.3 is 5.32 Å². The van der Waals surface area contributed by atoms with E-state index in [-0.39, 0.29) is 41.3 Å². The maximum absolute atomic E-state index is 14.6. The van der Waals surface area contributed by atoms with Gasteiger partial charge in [0.05, 0.1) is 10.6 Å². The number of nitrogens with one attached hydrogen (secondary N) is 1. The number of hydrogen-bond donors (Lipinski definition) is 1. The fraction of sp³-hybridized carbons (Fsp3) is 0.625. The van der Waals surface area contributed by atoms with Crippen molar-refractivity contribution in [1.29, 1.82) is 0 Å². The molecule has 0 aromatic heterocycles. The Morgan fingerprint density at radius 3 is 2.20 bits per heavy atom. The molecule has 0 bridgehead atoms. The molecule has 0 spiro atoms. The van der Waals surface area contributed by atoms with Crippen molar-refractivity contribution in [2.75, 3.05) is 26.2 Å². The van der Waals surface area contributed by atoms with Crippen LogP contribution in [0.25, 0.3) is 0 Å². The quantitative estimate of drug-likeness (QED) is 0.682. The van der Waals surface area contributed by atoms with E-state index in [2.05, 4.69) is 5.32 Å². The predicted molar refractivity (Wildman–Crippen MR) is 95.4 cm³/mol. The zero-order chi connectivity index (χ0) is 16.6. The summed E-state index contributed by atoms with van der Waals surface area (Å²) in [6.07, 6.45) is -1.94. The Kier molecular flexibility index (Phi) is 8.28. The summed E-state index contributed by atoms with van der Waals surface area (Å²) in [5, 5.41) is 2.94. The fourth-order valence-corrected chi connectivity index (χ4v) is 3.70. The highest BCUT2D eigenvalue weighted by molar-refractivity contribution is 6.30. The van der Waals surface area contributed by atoms with E-state index in [0.717, 1.165) is 31.4 Å². The summed E-state index contributed by atoms with van der Waals surface area (Å²) in [6, 6.07) is 1.36. The van der Waals surface area contributed by atoms with Crippen LogP contribution in [0.3, 0.4) is 0 Å². The molecule has 2 aliphatic rings. The smallest absolute Gasteiger partial charge is 0.314 e. The topological polar surface area (TPSA) is 15.3 Å². The van der Waals surface area contributed by atoms with Crippen LogP contribution < -0.4 is 5.32 Å². The molecular weight excluding hydrogens is 403 g/mol. The molecule has 1 atom stereocenters. The van der Waals surface area contributed by atoms with Gasteiger partial charge in [0.1, 0.15) is 5.82 Å². The number of piperazine rings is 1. The summed E-state index contributed by atoms with van der Waals surface area (Å²) in [6.45, 7) is 2.63. The normalized spacial score (nSPS) is 20.2. The van der Waals surface area contributed by atoms with Crippen molar-refractivity contribution in [2.45, 2.75) is 31.5 Å². The van der Waals surface area contributed by atoms with Crippen molar-refractivity contribution in [1.82, 2.24) is 10.2 Å². The molecule has 1 aliphatic heterocycles. The molecule has 144 valence electrons. The summed E-state index contributed by atoms with van der Waals surface area (Å²) >= 11 is 5.81. The molecule has 1 saturated carbocycles. The van der Waals surface area contributed by atoms with Crippen molar-refractivity contribution in [3.05, 3.63) is 34.1 Å². The van der Waals surface area contributed by atoms with Crippen LogP contribution >= 0.6 is 36.4 Å². The molecule has 1 saturated heterocycles. The first-order valence-electron chi connectivity index (χ1n) is 7.89. The Labute approximate surface area is 162 Å². The van der Waals surface area contributed by atoms with E-state index >= 15 is 0 Å². The predicted octanol–water partition coefficient (Wildman–Crippen LogP) is 5.09. The maximum atomic E-state index is 14.6. The van der Waals surface area contributed by atoms with Gasteiger partial charge in [-0.15, -0.1) is 24.8 Å². The van der Waals surface area contributed by atoms with Crippen molar-refractivity contribution in [3.63, 3.8) is 0 Å². The monoisotopic (exact) mass is 422 g/mol. The van der Waals surface area contributed by atoms with Crippen LogP contribution in [-0.2, 0) is 6.18 Å². The second kappa shape index (κ2) is 9.09. The summed E-state index contributed by atoms with van der Waals surface area (Å²) in [5.74, 6) is -0.862. The van der Waals surface area contributed by atoms with Crippen LogP contribution in [-0.4, -0.2) is 31.1 Å². The Balaban J connectivity index is 0.00000156. The molecule has 1 aromatic carbocycles. The number of hydrogen-bond acceptors (Lipinski definition) is 2. The molecule has 1 N–H and O–H groups in total. The van der Waals surface area contributed by atoms with Gasteiger partial charge in [0.25, 0.3) is 0 Å². The molecule has 0 radical (unpaired) electrons. The van der Waals surface area contributed by atoms with Crippen LogP contribution in [0.5, 0.6) is 0 Å². The van der Waals surface area contributed by atoms with Crippen LogP contribution in [0.1, 0.15) is 36.4 Å². The molecule has 9 heteroatoms. The minimum Gasteiger partial charge on any atom is -0.314 e. The molecule has 2 fully saturated rings. The summed E-state index contributed by atoms with van der Waals surface area (Å²) in [7, 11) is 0. The van der Waals surface area contributed by atoms with Crippen molar-refractivity contribution in [3.8, 4) is 0 Å². The van der Waals surface area contributed by atoms with Gasteiger partial charge in [-0.2, -0.15) is 13.2 Å². The zero-order valence-electron chi connectivity index (χ0n) is 13.4. The first kappa shape index (κ1) is 22.8. The van der Waals surface area contributed by atoms with E-state index in [1.807, 2.05) is 4.90 Å². The second-order valence-corrected chi connectivity index (χ2v) is 6.65. The summed E-state index contributed by atoms with van der Waals surface area (Å²) in [5.41, 5.74) is -1.16. The lowest BCUT2D eigenvalue weighted by Gasteiger charge is -2.44. The van der Waals surface area contributed by atoms with E-state index < -0.39 is 23.6 Å². The van der Waals surface area contributed by atoms with Gasteiger partial charge in [-0.25, -0.2) is 4.39 Å². The van der Waals surface area contributed by atoms with Gasteiger partial charge in [-0.05, 0) is 30.9 Å². The highest BCUT2D eigenvalue weighted by atomic mass is 35.5. The van der Waals surface area contributed by atoms with Crippen LogP contribution in [0.4, 0.5) is 17.6 Å². The van der Waals surface area contributed by atoms with Crippen molar-refractivity contribution < 1.29 is 17.6 Å². The zero-order valence-corrected chi connectivity index (χ0v) is 15.8. The molecule has 0 unspecified atom stereocenters. The van der Waals surface area contributed by atoms with Crippen LogP contribution in [0, 0.1) is 11.7 Å². The number of benzene rings is 1. The van der Waals surface area contributed by atoms with Gasteiger partial charge in [-0.3, -0.25) is 4.90 Å². The van der Waals surface area contributed by atoms with E-state index in [9.17, 15) is 17.6 Å². The second-order valence-electron chi connectivity index (χ2n) is 6.24.